The summed E-state index contributed by atoms with van der Waals surface area (Å²) >= 11 is 0. The van der Waals surface area contributed by atoms with E-state index in [0.717, 1.165) is 0 Å². The van der Waals surface area contributed by atoms with Crippen molar-refractivity contribution in [3.8, 4) is 11.5 Å². The molecule has 0 saturated heterocycles. The standard InChI is InChI=1S/C23H19FO6/c1-28-22(26)16-6-8-19(9-7-16)30-23(27)18-10-15(13-25)11-20(12-18)29-14-17-4-2-3-5-21(17)24/h2-12,25H,13-14H2,1H3. The van der Waals surface area contributed by atoms with Gasteiger partial charge < -0.3 is 19.3 Å². The summed E-state index contributed by atoms with van der Waals surface area (Å²) in [5.74, 6) is -1.05. The Morgan fingerprint density at radius 1 is 0.900 bits per heavy atom. The van der Waals surface area contributed by atoms with Crippen LogP contribution in [-0.2, 0) is 18.0 Å². The molecule has 1 N–H and O–H groups in total. The highest BCUT2D eigenvalue weighted by molar-refractivity contribution is 5.92. The van der Waals surface area contributed by atoms with Crippen LogP contribution in [0, 0.1) is 5.82 Å². The Hall–Kier alpha value is -3.71. The highest BCUT2D eigenvalue weighted by atomic mass is 19.1. The lowest BCUT2D eigenvalue weighted by Crippen LogP contribution is -2.10. The number of carbonyl (C=O) groups excluding carboxylic acids is 2. The molecule has 0 spiro atoms. The fourth-order valence-electron chi connectivity index (χ4n) is 2.67. The van der Waals surface area contributed by atoms with E-state index in [2.05, 4.69) is 4.74 Å². The predicted molar refractivity (Wildman–Crippen MR) is 106 cm³/mol. The molecule has 0 fully saturated rings. The van der Waals surface area contributed by atoms with Gasteiger partial charge in [0.25, 0.3) is 0 Å². The lowest BCUT2D eigenvalue weighted by atomic mass is 10.1. The zero-order valence-corrected chi connectivity index (χ0v) is 16.1. The molecule has 0 atom stereocenters. The number of benzene rings is 3. The molecule has 6 nitrogen and oxygen atoms in total. The van der Waals surface area contributed by atoms with Crippen molar-refractivity contribution >= 4 is 11.9 Å². The second-order valence-corrected chi connectivity index (χ2v) is 6.31. The number of aliphatic hydroxyl groups excluding tert-OH is 1. The van der Waals surface area contributed by atoms with Gasteiger partial charge in [-0.15, -0.1) is 0 Å². The fraction of sp³-hybridized carbons (Fsp3) is 0.130. The number of esters is 2. The Morgan fingerprint density at radius 3 is 2.30 bits per heavy atom. The minimum absolute atomic E-state index is 0.0367. The third-order valence-electron chi connectivity index (χ3n) is 4.22. The Kier molecular flexibility index (Phi) is 6.77. The predicted octanol–water partition coefficient (Wildman–Crippen LogP) is 3.90. The van der Waals surface area contributed by atoms with Gasteiger partial charge in [-0.1, -0.05) is 18.2 Å². The zero-order chi connectivity index (χ0) is 21.5. The SMILES string of the molecule is COC(=O)c1ccc(OC(=O)c2cc(CO)cc(OCc3ccccc3F)c2)cc1. The number of halogens is 1. The van der Waals surface area contributed by atoms with Crippen molar-refractivity contribution in [3.05, 3.63) is 94.8 Å². The largest absolute Gasteiger partial charge is 0.489 e. The van der Waals surface area contributed by atoms with Crippen LogP contribution in [0.25, 0.3) is 0 Å². The van der Waals surface area contributed by atoms with E-state index in [4.69, 9.17) is 9.47 Å². The molecular weight excluding hydrogens is 391 g/mol. The molecule has 154 valence electrons. The number of methoxy groups -OCH3 is 1. The van der Waals surface area contributed by atoms with Gasteiger partial charge in [-0.2, -0.15) is 0 Å². The van der Waals surface area contributed by atoms with Crippen LogP contribution in [0.4, 0.5) is 4.39 Å². The number of ether oxygens (including phenoxy) is 3. The monoisotopic (exact) mass is 410 g/mol. The van der Waals surface area contributed by atoms with E-state index in [1.165, 1.54) is 49.6 Å². The van der Waals surface area contributed by atoms with Gasteiger partial charge in [0.15, 0.2) is 0 Å². The fourth-order valence-corrected chi connectivity index (χ4v) is 2.67. The van der Waals surface area contributed by atoms with Crippen molar-refractivity contribution in [3.63, 3.8) is 0 Å². The molecule has 0 aliphatic rings. The molecule has 0 radical (unpaired) electrons. The maximum Gasteiger partial charge on any atom is 0.343 e. The zero-order valence-electron chi connectivity index (χ0n) is 16.1. The molecule has 7 heteroatoms. The van der Waals surface area contributed by atoms with Gasteiger partial charge in [-0.05, 0) is 54.1 Å². The summed E-state index contributed by atoms with van der Waals surface area (Å²) in [5.41, 5.74) is 1.28. The van der Waals surface area contributed by atoms with Gasteiger partial charge in [0, 0.05) is 5.56 Å². The Morgan fingerprint density at radius 2 is 1.63 bits per heavy atom. The summed E-state index contributed by atoms with van der Waals surface area (Å²) in [6, 6.07) is 16.6. The Balaban J connectivity index is 1.74. The quantitative estimate of drug-likeness (QED) is 0.470. The van der Waals surface area contributed by atoms with Crippen molar-refractivity contribution in [2.75, 3.05) is 7.11 Å². The maximum atomic E-state index is 13.8. The topological polar surface area (TPSA) is 82.1 Å². The maximum absolute atomic E-state index is 13.8. The Labute approximate surface area is 172 Å². The van der Waals surface area contributed by atoms with Gasteiger partial charge in [0.05, 0.1) is 24.8 Å². The first-order chi connectivity index (χ1) is 14.5. The van der Waals surface area contributed by atoms with Crippen LogP contribution >= 0.6 is 0 Å². The molecule has 0 aliphatic carbocycles. The molecule has 3 rings (SSSR count). The minimum atomic E-state index is -0.674. The molecule has 3 aromatic rings. The van der Waals surface area contributed by atoms with E-state index < -0.39 is 17.8 Å². The first-order valence-corrected chi connectivity index (χ1v) is 9.01. The number of aliphatic hydroxyl groups is 1. The van der Waals surface area contributed by atoms with Crippen molar-refractivity contribution in [1.29, 1.82) is 0 Å². The summed E-state index contributed by atoms with van der Waals surface area (Å²) in [7, 11) is 1.27. The van der Waals surface area contributed by atoms with Crippen LogP contribution in [0.1, 0.15) is 31.8 Å². The van der Waals surface area contributed by atoms with Crippen LogP contribution in [0.2, 0.25) is 0 Å². The van der Waals surface area contributed by atoms with E-state index in [1.54, 1.807) is 24.3 Å². The molecular formula is C23H19FO6. The summed E-state index contributed by atoms with van der Waals surface area (Å²) in [4.78, 5) is 24.0. The normalized spacial score (nSPS) is 10.4. The molecule has 0 bridgehead atoms. The number of hydrogen-bond acceptors (Lipinski definition) is 6. The summed E-state index contributed by atoms with van der Waals surface area (Å²) < 4.78 is 29.3. The van der Waals surface area contributed by atoms with Gasteiger partial charge in [-0.3, -0.25) is 0 Å². The smallest absolute Gasteiger partial charge is 0.343 e. The summed E-state index contributed by atoms with van der Waals surface area (Å²) in [6.45, 7) is -0.351. The molecule has 0 aromatic heterocycles. The first kappa shape index (κ1) is 21.0. The average Bonchev–Trinajstić information content (AvgIpc) is 2.78. The van der Waals surface area contributed by atoms with Gasteiger partial charge in [0.1, 0.15) is 23.9 Å². The molecule has 0 saturated carbocycles. The second kappa shape index (κ2) is 9.67. The van der Waals surface area contributed by atoms with Crippen molar-refractivity contribution in [2.24, 2.45) is 0 Å². The van der Waals surface area contributed by atoms with E-state index >= 15 is 0 Å². The second-order valence-electron chi connectivity index (χ2n) is 6.31. The molecule has 3 aromatic carbocycles. The number of rotatable bonds is 7. The van der Waals surface area contributed by atoms with Crippen LogP contribution < -0.4 is 9.47 Å². The lowest BCUT2D eigenvalue weighted by molar-refractivity contribution is 0.0600. The molecule has 0 aliphatic heterocycles. The van der Waals surface area contributed by atoms with Crippen LogP contribution in [0.15, 0.2) is 66.7 Å². The van der Waals surface area contributed by atoms with Crippen LogP contribution in [0.3, 0.4) is 0 Å². The van der Waals surface area contributed by atoms with Gasteiger partial charge in [-0.25, -0.2) is 14.0 Å². The van der Waals surface area contributed by atoms with E-state index in [9.17, 15) is 19.1 Å². The summed E-state index contributed by atoms with van der Waals surface area (Å²) in [6.07, 6.45) is 0. The molecule has 30 heavy (non-hydrogen) atoms. The van der Waals surface area contributed by atoms with E-state index in [-0.39, 0.29) is 30.3 Å². The first-order valence-electron chi connectivity index (χ1n) is 9.01. The average molecular weight is 410 g/mol. The van der Waals surface area contributed by atoms with Crippen molar-refractivity contribution < 1.29 is 33.3 Å². The highest BCUT2D eigenvalue weighted by Gasteiger charge is 2.13. The number of carbonyl (C=O) groups is 2. The summed E-state index contributed by atoms with van der Waals surface area (Å²) in [5, 5.41) is 9.48. The highest BCUT2D eigenvalue weighted by Crippen LogP contribution is 2.22. The molecule has 0 heterocycles. The van der Waals surface area contributed by atoms with E-state index in [0.29, 0.717) is 16.7 Å². The third kappa shape index (κ3) is 5.21. The lowest BCUT2D eigenvalue weighted by Gasteiger charge is -2.11. The van der Waals surface area contributed by atoms with Crippen molar-refractivity contribution in [1.82, 2.24) is 0 Å². The van der Waals surface area contributed by atoms with Crippen LogP contribution in [0.5, 0.6) is 11.5 Å². The molecule has 0 unspecified atom stereocenters. The van der Waals surface area contributed by atoms with Gasteiger partial charge >= 0.3 is 11.9 Å². The van der Waals surface area contributed by atoms with Crippen LogP contribution in [-0.4, -0.2) is 24.2 Å². The van der Waals surface area contributed by atoms with E-state index in [1.807, 2.05) is 0 Å². The Bertz CT molecular complexity index is 1050. The number of hydrogen-bond donors (Lipinski definition) is 1. The minimum Gasteiger partial charge on any atom is -0.489 e. The molecule has 0 amide bonds. The third-order valence-corrected chi connectivity index (χ3v) is 4.22. The van der Waals surface area contributed by atoms with Gasteiger partial charge in [0.2, 0.25) is 0 Å². The van der Waals surface area contributed by atoms with Crippen molar-refractivity contribution in [2.45, 2.75) is 13.2 Å².